The van der Waals surface area contributed by atoms with Crippen molar-refractivity contribution in [1.82, 2.24) is 5.43 Å². The summed E-state index contributed by atoms with van der Waals surface area (Å²) in [6, 6.07) is 2.29. The Balaban J connectivity index is 2.06. The largest absolute Gasteiger partial charge is 0.281 e. The lowest BCUT2D eigenvalue weighted by molar-refractivity contribution is 0.843. The highest BCUT2D eigenvalue weighted by Gasteiger charge is 2.27. The number of hydrazine groups is 1. The molecule has 2 aliphatic rings. The topological polar surface area (TPSA) is 39.1 Å². The van der Waals surface area contributed by atoms with Gasteiger partial charge in [0.2, 0.25) is 0 Å². The Morgan fingerprint density at radius 2 is 2.17 bits per heavy atom. The number of nitrogens with one attached hydrogen (secondary N) is 1. The summed E-state index contributed by atoms with van der Waals surface area (Å²) in [7, 11) is 0. The van der Waals surface area contributed by atoms with E-state index in [-0.39, 0.29) is 0 Å². The third-order valence-electron chi connectivity index (χ3n) is 3.02. The van der Waals surface area contributed by atoms with E-state index in [1.54, 1.807) is 28.5 Å². The Hall–Kier alpha value is -1.15. The predicted octanol–water partition coefficient (Wildman–Crippen LogP) is 3.59. The number of hydrogen-bond acceptors (Lipinski definition) is 4. The van der Waals surface area contributed by atoms with Gasteiger partial charge in [-0.05, 0) is 37.0 Å². The molecule has 3 nitrogen and oxygen atoms in total. The molecule has 0 spiro atoms. The minimum Gasteiger partial charge on any atom is -0.281 e. The van der Waals surface area contributed by atoms with Crippen LogP contribution >= 0.6 is 34.5 Å². The first-order valence-electron chi connectivity index (χ1n) is 5.55. The smallest absolute Gasteiger partial charge is 0.135 e. The van der Waals surface area contributed by atoms with Crippen molar-refractivity contribution in [3.63, 3.8) is 0 Å². The molecule has 2 heterocycles. The van der Waals surface area contributed by atoms with Gasteiger partial charge in [-0.25, -0.2) is 5.01 Å². The maximum atomic E-state index is 9.35. The van der Waals surface area contributed by atoms with Gasteiger partial charge >= 0.3 is 0 Å². The molecule has 6 heteroatoms. The normalized spacial score (nSPS) is 17.7. The van der Waals surface area contributed by atoms with Crippen LogP contribution in [0.1, 0.15) is 22.4 Å². The molecule has 18 heavy (non-hydrogen) atoms. The highest BCUT2D eigenvalue weighted by molar-refractivity contribution is 7.16. The molecule has 1 aromatic rings. The first kappa shape index (κ1) is 11.9. The van der Waals surface area contributed by atoms with Gasteiger partial charge in [-0.1, -0.05) is 23.2 Å². The van der Waals surface area contributed by atoms with E-state index in [2.05, 4.69) is 11.5 Å². The first-order chi connectivity index (χ1) is 8.70. The Morgan fingerprint density at radius 1 is 1.33 bits per heavy atom. The lowest BCUT2D eigenvalue weighted by Crippen LogP contribution is -2.35. The summed E-state index contributed by atoms with van der Waals surface area (Å²) in [6.45, 7) is 0. The van der Waals surface area contributed by atoms with E-state index in [1.807, 2.05) is 0 Å². The van der Waals surface area contributed by atoms with Crippen molar-refractivity contribution in [2.45, 2.75) is 19.3 Å². The molecular formula is C12H9Cl2N3S. The second-order valence-electron chi connectivity index (χ2n) is 4.10. The summed E-state index contributed by atoms with van der Waals surface area (Å²) < 4.78 is 0. The summed E-state index contributed by atoms with van der Waals surface area (Å²) in [6.07, 6.45) is 6.56. The molecule has 0 fully saturated rings. The predicted molar refractivity (Wildman–Crippen MR) is 74.5 cm³/mol. The molecular weight excluding hydrogens is 289 g/mol. The van der Waals surface area contributed by atoms with Crippen LogP contribution in [-0.4, -0.2) is 0 Å². The van der Waals surface area contributed by atoms with Gasteiger partial charge in [0.15, 0.2) is 0 Å². The molecule has 0 unspecified atom stereocenters. The maximum Gasteiger partial charge on any atom is 0.135 e. The molecule has 0 bridgehead atoms. The number of thiophene rings is 1. The van der Waals surface area contributed by atoms with Gasteiger partial charge in [0, 0.05) is 4.88 Å². The van der Waals surface area contributed by atoms with E-state index >= 15 is 0 Å². The summed E-state index contributed by atoms with van der Waals surface area (Å²) in [4.78, 5) is 1.29. The zero-order valence-electron chi connectivity index (χ0n) is 9.33. The fraction of sp³-hybridized carbons (Fsp3) is 0.250. The molecule has 0 saturated heterocycles. The number of rotatable bonds is 1. The standard InChI is InChI=1S/C12H9Cl2N3S/c13-10-4-5-11(14)17(16-10)12-8(6-15)7-2-1-3-9(7)18-12/h4-5,16H,1-3H2. The van der Waals surface area contributed by atoms with Crippen molar-refractivity contribution in [2.75, 3.05) is 5.01 Å². The fourth-order valence-electron chi connectivity index (χ4n) is 2.22. The van der Waals surface area contributed by atoms with Crippen LogP contribution in [-0.2, 0) is 12.8 Å². The monoisotopic (exact) mass is 297 g/mol. The fourth-order valence-corrected chi connectivity index (χ4v) is 3.93. The lowest BCUT2D eigenvalue weighted by Gasteiger charge is -2.26. The second-order valence-corrected chi connectivity index (χ2v) is 5.98. The third kappa shape index (κ3) is 1.79. The highest BCUT2D eigenvalue weighted by Crippen LogP contribution is 2.42. The van der Waals surface area contributed by atoms with Gasteiger partial charge in [0.05, 0.1) is 5.56 Å². The zero-order valence-corrected chi connectivity index (χ0v) is 11.7. The number of hydrogen-bond donors (Lipinski definition) is 1. The molecule has 0 atom stereocenters. The minimum absolute atomic E-state index is 0.483. The van der Waals surface area contributed by atoms with Crippen LogP contribution in [0.15, 0.2) is 22.5 Å². The van der Waals surface area contributed by atoms with Gasteiger partial charge in [0.1, 0.15) is 21.4 Å². The first-order valence-corrected chi connectivity index (χ1v) is 7.12. The van der Waals surface area contributed by atoms with Crippen LogP contribution in [0.25, 0.3) is 0 Å². The molecule has 1 N–H and O–H groups in total. The SMILES string of the molecule is N#Cc1c(N2NC(Cl)=CC=C2Cl)sc2c1CCC2. The molecule has 1 aliphatic carbocycles. The second kappa shape index (κ2) is 4.51. The van der Waals surface area contributed by atoms with Gasteiger partial charge in [-0.3, -0.25) is 5.43 Å². The zero-order chi connectivity index (χ0) is 12.7. The molecule has 0 radical (unpaired) electrons. The average molecular weight is 298 g/mol. The van der Waals surface area contributed by atoms with Crippen molar-refractivity contribution < 1.29 is 0 Å². The van der Waals surface area contributed by atoms with E-state index in [4.69, 9.17) is 23.2 Å². The maximum absolute atomic E-state index is 9.35. The molecule has 0 amide bonds. The lowest BCUT2D eigenvalue weighted by atomic mass is 10.1. The number of nitrogens with zero attached hydrogens (tertiary/aromatic N) is 2. The summed E-state index contributed by atoms with van der Waals surface area (Å²) in [5.41, 5.74) is 4.86. The van der Waals surface area contributed by atoms with Crippen LogP contribution in [0.4, 0.5) is 5.00 Å². The van der Waals surface area contributed by atoms with Crippen LogP contribution in [0.5, 0.6) is 0 Å². The molecule has 3 rings (SSSR count). The van der Waals surface area contributed by atoms with Crippen molar-refractivity contribution in [2.24, 2.45) is 0 Å². The Labute approximate surface area is 119 Å². The van der Waals surface area contributed by atoms with Gasteiger partial charge in [0.25, 0.3) is 0 Å². The summed E-state index contributed by atoms with van der Waals surface area (Å²) in [5.74, 6) is 0. The van der Waals surface area contributed by atoms with Crippen LogP contribution < -0.4 is 10.4 Å². The van der Waals surface area contributed by atoms with E-state index in [9.17, 15) is 5.26 Å². The number of allylic oxidation sites excluding steroid dienone is 2. The number of aryl methyl sites for hydroxylation is 1. The Bertz CT molecular complexity index is 610. The molecule has 1 aromatic heterocycles. The van der Waals surface area contributed by atoms with E-state index in [0.29, 0.717) is 10.3 Å². The highest BCUT2D eigenvalue weighted by atomic mass is 35.5. The molecule has 92 valence electrons. The Kier molecular flexibility index (Phi) is 2.98. The van der Waals surface area contributed by atoms with E-state index < -0.39 is 0 Å². The van der Waals surface area contributed by atoms with Crippen LogP contribution in [0, 0.1) is 11.3 Å². The van der Waals surface area contributed by atoms with Crippen molar-refractivity contribution in [3.8, 4) is 6.07 Å². The van der Waals surface area contributed by atoms with Crippen molar-refractivity contribution in [1.29, 1.82) is 5.26 Å². The number of anilines is 1. The van der Waals surface area contributed by atoms with Gasteiger partial charge < -0.3 is 0 Å². The summed E-state index contributed by atoms with van der Waals surface area (Å²) in [5, 5.41) is 12.8. The molecule has 0 saturated carbocycles. The summed E-state index contributed by atoms with van der Waals surface area (Å²) >= 11 is 13.7. The van der Waals surface area contributed by atoms with Crippen LogP contribution in [0.2, 0.25) is 0 Å². The van der Waals surface area contributed by atoms with Crippen molar-refractivity contribution >= 4 is 39.5 Å². The molecule has 0 aromatic carbocycles. The number of halogens is 2. The third-order valence-corrected chi connectivity index (χ3v) is 4.80. The quantitative estimate of drug-likeness (QED) is 0.805. The van der Waals surface area contributed by atoms with Crippen molar-refractivity contribution in [3.05, 3.63) is 38.5 Å². The van der Waals surface area contributed by atoms with Gasteiger partial charge in [-0.2, -0.15) is 5.26 Å². The average Bonchev–Trinajstić information content (AvgIpc) is 2.91. The number of fused-ring (bicyclic) bond motifs is 1. The van der Waals surface area contributed by atoms with Crippen LogP contribution in [0.3, 0.4) is 0 Å². The number of nitriles is 1. The molecule has 1 aliphatic heterocycles. The minimum atomic E-state index is 0.483. The van der Waals surface area contributed by atoms with Gasteiger partial charge in [-0.15, -0.1) is 11.3 Å². The Morgan fingerprint density at radius 3 is 2.94 bits per heavy atom. The van der Waals surface area contributed by atoms with E-state index in [0.717, 1.165) is 29.8 Å². The van der Waals surface area contributed by atoms with E-state index in [1.165, 1.54) is 10.4 Å².